The summed E-state index contributed by atoms with van der Waals surface area (Å²) < 4.78 is 39.0. The lowest BCUT2D eigenvalue weighted by atomic mass is 9.96. The summed E-state index contributed by atoms with van der Waals surface area (Å²) in [4.78, 5) is 7.60. The summed E-state index contributed by atoms with van der Waals surface area (Å²) in [6.07, 6.45) is -2.67. The molecule has 1 aromatic rings. The zero-order valence-corrected chi connectivity index (χ0v) is 8.59. The number of ether oxygens (including phenoxy) is 1. The lowest BCUT2D eigenvalue weighted by molar-refractivity contribution is -0.274. The van der Waals surface area contributed by atoms with E-state index in [1.807, 2.05) is 20.8 Å². The van der Waals surface area contributed by atoms with Gasteiger partial charge in [-0.3, -0.25) is 0 Å². The molecule has 0 amide bonds. The second-order valence-corrected chi connectivity index (χ2v) is 4.04. The summed E-state index contributed by atoms with van der Waals surface area (Å²) in [5.41, 5.74) is -0.295. The highest BCUT2D eigenvalue weighted by Gasteiger charge is 2.31. The first-order valence-electron chi connectivity index (χ1n) is 4.27. The van der Waals surface area contributed by atoms with Gasteiger partial charge in [0.25, 0.3) is 0 Å². The maximum atomic E-state index is 11.8. The largest absolute Gasteiger partial charge is 0.573 e. The number of alkyl halides is 3. The monoisotopic (exact) mass is 220 g/mol. The third-order valence-electron chi connectivity index (χ3n) is 1.53. The zero-order chi connectivity index (χ0) is 11.7. The number of aromatic nitrogens is 2. The molecule has 0 aliphatic rings. The normalized spacial score (nSPS) is 12.7. The van der Waals surface area contributed by atoms with E-state index in [1.54, 1.807) is 0 Å². The first-order valence-corrected chi connectivity index (χ1v) is 4.27. The molecule has 1 heterocycles. The Hall–Kier alpha value is -1.33. The van der Waals surface area contributed by atoms with Gasteiger partial charge in [-0.1, -0.05) is 20.8 Å². The van der Waals surface area contributed by atoms with Gasteiger partial charge in [0.05, 0.1) is 12.4 Å². The minimum atomic E-state index is -4.70. The molecule has 6 heteroatoms. The van der Waals surface area contributed by atoms with E-state index in [0.717, 1.165) is 12.4 Å². The van der Waals surface area contributed by atoms with Crippen molar-refractivity contribution in [2.45, 2.75) is 32.5 Å². The first-order chi connectivity index (χ1) is 6.68. The number of nitrogens with zero attached hydrogens (tertiary/aromatic N) is 2. The van der Waals surface area contributed by atoms with Crippen LogP contribution in [0.4, 0.5) is 13.2 Å². The Morgan fingerprint density at radius 1 is 1.07 bits per heavy atom. The van der Waals surface area contributed by atoms with Crippen LogP contribution in [0.3, 0.4) is 0 Å². The van der Waals surface area contributed by atoms with Crippen LogP contribution in [0.5, 0.6) is 5.75 Å². The van der Waals surface area contributed by atoms with Crippen LogP contribution in [-0.2, 0) is 5.41 Å². The average Bonchev–Trinajstić information content (AvgIpc) is 2.00. The molecule has 1 rings (SSSR count). The first kappa shape index (κ1) is 11.7. The molecular weight excluding hydrogens is 209 g/mol. The topological polar surface area (TPSA) is 35.0 Å². The van der Waals surface area contributed by atoms with Crippen molar-refractivity contribution in [3.8, 4) is 5.75 Å². The van der Waals surface area contributed by atoms with E-state index >= 15 is 0 Å². The van der Waals surface area contributed by atoms with E-state index in [-0.39, 0.29) is 5.41 Å². The number of hydrogen-bond donors (Lipinski definition) is 0. The summed E-state index contributed by atoms with van der Waals surface area (Å²) in [5, 5.41) is 0. The molecule has 0 saturated heterocycles. The zero-order valence-electron chi connectivity index (χ0n) is 8.59. The predicted molar refractivity (Wildman–Crippen MR) is 47.4 cm³/mol. The second-order valence-electron chi connectivity index (χ2n) is 4.04. The van der Waals surface area contributed by atoms with Gasteiger partial charge < -0.3 is 4.74 Å². The number of halogens is 3. The van der Waals surface area contributed by atoms with Gasteiger partial charge in [-0.15, -0.1) is 13.2 Å². The predicted octanol–water partition coefficient (Wildman–Crippen LogP) is 2.67. The molecule has 0 aliphatic heterocycles. The molecule has 15 heavy (non-hydrogen) atoms. The molecular formula is C9H11F3N2O. The van der Waals surface area contributed by atoms with Crippen molar-refractivity contribution >= 4 is 0 Å². The van der Waals surface area contributed by atoms with Crippen LogP contribution in [0.1, 0.15) is 26.6 Å². The molecule has 0 aromatic carbocycles. The Morgan fingerprint density at radius 3 is 1.87 bits per heavy atom. The highest BCUT2D eigenvalue weighted by atomic mass is 19.4. The van der Waals surface area contributed by atoms with Crippen molar-refractivity contribution in [2.24, 2.45) is 0 Å². The van der Waals surface area contributed by atoms with Crippen LogP contribution >= 0.6 is 0 Å². The quantitative estimate of drug-likeness (QED) is 0.729. The van der Waals surface area contributed by atoms with Crippen molar-refractivity contribution in [1.82, 2.24) is 9.97 Å². The van der Waals surface area contributed by atoms with Crippen molar-refractivity contribution in [3.63, 3.8) is 0 Å². The fourth-order valence-corrected chi connectivity index (χ4v) is 0.890. The highest BCUT2D eigenvalue weighted by molar-refractivity contribution is 5.15. The molecule has 0 N–H and O–H groups in total. The van der Waals surface area contributed by atoms with Crippen molar-refractivity contribution in [3.05, 3.63) is 18.2 Å². The van der Waals surface area contributed by atoms with Gasteiger partial charge in [0, 0.05) is 5.41 Å². The van der Waals surface area contributed by atoms with Gasteiger partial charge in [0.2, 0.25) is 0 Å². The smallest absolute Gasteiger partial charge is 0.402 e. The van der Waals surface area contributed by atoms with E-state index in [0.29, 0.717) is 5.82 Å². The van der Waals surface area contributed by atoms with E-state index in [4.69, 9.17) is 0 Å². The van der Waals surface area contributed by atoms with Crippen LogP contribution in [0, 0.1) is 0 Å². The fourth-order valence-electron chi connectivity index (χ4n) is 0.890. The standard InChI is InChI=1S/C9H11F3N2O/c1-8(2,3)7-13-4-6(5-14-7)15-9(10,11)12/h4-5H,1-3H3. The molecule has 0 radical (unpaired) electrons. The van der Waals surface area contributed by atoms with Gasteiger partial charge in [-0.25, -0.2) is 9.97 Å². The number of rotatable bonds is 1. The van der Waals surface area contributed by atoms with E-state index < -0.39 is 12.1 Å². The fraction of sp³-hybridized carbons (Fsp3) is 0.556. The molecule has 0 fully saturated rings. The van der Waals surface area contributed by atoms with Crippen molar-refractivity contribution < 1.29 is 17.9 Å². The Kier molecular flexibility index (Phi) is 2.88. The molecule has 0 bridgehead atoms. The van der Waals surface area contributed by atoms with Crippen molar-refractivity contribution in [1.29, 1.82) is 0 Å². The van der Waals surface area contributed by atoms with Gasteiger partial charge in [0.15, 0.2) is 5.75 Å². The maximum Gasteiger partial charge on any atom is 0.573 e. The summed E-state index contributed by atoms with van der Waals surface area (Å²) in [6.45, 7) is 5.60. The minimum Gasteiger partial charge on any atom is -0.402 e. The van der Waals surface area contributed by atoms with Crippen LogP contribution < -0.4 is 4.74 Å². The van der Waals surface area contributed by atoms with E-state index in [2.05, 4.69) is 14.7 Å². The summed E-state index contributed by atoms with van der Waals surface area (Å²) in [6, 6.07) is 0. The van der Waals surface area contributed by atoms with Crippen LogP contribution in [-0.4, -0.2) is 16.3 Å². The third kappa shape index (κ3) is 3.73. The summed E-state index contributed by atoms with van der Waals surface area (Å²) in [7, 11) is 0. The number of hydrogen-bond acceptors (Lipinski definition) is 3. The van der Waals surface area contributed by atoms with Gasteiger partial charge >= 0.3 is 6.36 Å². The average molecular weight is 220 g/mol. The third-order valence-corrected chi connectivity index (χ3v) is 1.53. The molecule has 1 aromatic heterocycles. The van der Waals surface area contributed by atoms with Gasteiger partial charge in [-0.05, 0) is 0 Å². The minimum absolute atomic E-state index is 0.295. The molecule has 0 atom stereocenters. The van der Waals surface area contributed by atoms with Gasteiger partial charge in [0.1, 0.15) is 5.82 Å². The van der Waals surface area contributed by atoms with E-state index in [9.17, 15) is 13.2 Å². The Bertz CT molecular complexity index is 327. The maximum absolute atomic E-state index is 11.8. The SMILES string of the molecule is CC(C)(C)c1ncc(OC(F)(F)F)cn1. The summed E-state index contributed by atoms with van der Waals surface area (Å²) in [5.74, 6) is 0.0625. The summed E-state index contributed by atoms with van der Waals surface area (Å²) >= 11 is 0. The van der Waals surface area contributed by atoms with Crippen molar-refractivity contribution in [2.75, 3.05) is 0 Å². The molecule has 0 aliphatic carbocycles. The lowest BCUT2D eigenvalue weighted by Gasteiger charge is -2.16. The Morgan fingerprint density at radius 2 is 1.53 bits per heavy atom. The highest BCUT2D eigenvalue weighted by Crippen LogP contribution is 2.23. The van der Waals surface area contributed by atoms with Crippen LogP contribution in [0.25, 0.3) is 0 Å². The van der Waals surface area contributed by atoms with Crippen LogP contribution in [0.15, 0.2) is 12.4 Å². The molecule has 84 valence electrons. The van der Waals surface area contributed by atoms with Crippen LogP contribution in [0.2, 0.25) is 0 Å². The Balaban J connectivity index is 2.82. The molecule has 0 spiro atoms. The van der Waals surface area contributed by atoms with E-state index in [1.165, 1.54) is 0 Å². The molecule has 0 saturated carbocycles. The van der Waals surface area contributed by atoms with Gasteiger partial charge in [-0.2, -0.15) is 0 Å². The molecule has 0 unspecified atom stereocenters. The molecule has 3 nitrogen and oxygen atoms in total. The lowest BCUT2D eigenvalue weighted by Crippen LogP contribution is -2.19. The second kappa shape index (κ2) is 3.67. The Labute approximate surface area is 85.3 Å².